The standard InChI is InChI=1S/C35H29F7N2O4/c1-18-16-33(36,31(45)46)11-10-26(18)21-4-3-5-22(12-21)27-8-9-28(20-6-7-20)43-29(27)17-44-19(2)30(48-32(44)47)23-13-24(34(37,38)39)15-25(14-23)35(40,41)42/h3-5,8-16,19-20,26,30H,6-7,17H2,1-2H3,(H,45,46)/t19-,26?,30-,33?/m0/s1. The van der Waals surface area contributed by atoms with Crippen molar-refractivity contribution < 1.29 is 50.2 Å². The van der Waals surface area contributed by atoms with E-state index in [9.17, 15) is 45.4 Å². The zero-order valence-electron chi connectivity index (χ0n) is 25.6. The molecule has 1 amide bonds. The monoisotopic (exact) mass is 674 g/mol. The quantitative estimate of drug-likeness (QED) is 0.200. The van der Waals surface area contributed by atoms with Crippen LogP contribution in [0.1, 0.15) is 78.3 Å². The van der Waals surface area contributed by atoms with Crippen molar-refractivity contribution in [2.75, 3.05) is 0 Å². The SMILES string of the molecule is CC1=CC(F)(C(=O)O)C=CC1c1cccc(-c2ccc(C3CC3)nc2CN2C(=O)O[C@H](c3cc(C(F)(F)F)cc(C(F)(F)F)c3)[C@@H]2C)c1. The van der Waals surface area contributed by atoms with Crippen LogP contribution < -0.4 is 0 Å². The average Bonchev–Trinajstić information content (AvgIpc) is 3.83. The lowest BCUT2D eigenvalue weighted by Gasteiger charge is -2.25. The molecule has 3 aromatic rings. The summed E-state index contributed by atoms with van der Waals surface area (Å²) in [6.07, 6.45) is -7.07. The molecule has 6 rings (SSSR count). The molecule has 3 aliphatic rings. The summed E-state index contributed by atoms with van der Waals surface area (Å²) in [5.74, 6) is -1.82. The van der Waals surface area contributed by atoms with Crippen LogP contribution in [0, 0.1) is 0 Å². The Kier molecular flexibility index (Phi) is 8.15. The van der Waals surface area contributed by atoms with E-state index in [1.165, 1.54) is 17.9 Å². The van der Waals surface area contributed by atoms with Crippen molar-refractivity contribution in [1.29, 1.82) is 0 Å². The van der Waals surface area contributed by atoms with E-state index in [0.29, 0.717) is 34.5 Å². The summed E-state index contributed by atoms with van der Waals surface area (Å²) in [6.45, 7) is 2.97. The van der Waals surface area contributed by atoms with Crippen LogP contribution in [0.15, 0.2) is 78.4 Å². The van der Waals surface area contributed by atoms with Crippen molar-refractivity contribution in [3.05, 3.63) is 112 Å². The van der Waals surface area contributed by atoms with Gasteiger partial charge in [-0.1, -0.05) is 42.0 Å². The molecule has 2 aliphatic carbocycles. The van der Waals surface area contributed by atoms with E-state index in [1.54, 1.807) is 19.1 Å². The van der Waals surface area contributed by atoms with Crippen LogP contribution in [0.5, 0.6) is 0 Å². The number of aliphatic carboxylic acids is 1. The molecule has 0 bridgehead atoms. The fourth-order valence-electron chi connectivity index (χ4n) is 6.24. The van der Waals surface area contributed by atoms with E-state index >= 15 is 0 Å². The predicted molar refractivity (Wildman–Crippen MR) is 159 cm³/mol. The van der Waals surface area contributed by atoms with E-state index in [1.807, 2.05) is 24.3 Å². The number of halogens is 7. The summed E-state index contributed by atoms with van der Waals surface area (Å²) in [4.78, 5) is 30.6. The van der Waals surface area contributed by atoms with Crippen LogP contribution in [0.4, 0.5) is 35.5 Å². The number of ether oxygens (including phenoxy) is 1. The highest BCUT2D eigenvalue weighted by molar-refractivity contribution is 5.83. The number of pyridine rings is 1. The Morgan fingerprint density at radius 1 is 1.00 bits per heavy atom. The molecule has 1 N–H and O–H groups in total. The highest BCUT2D eigenvalue weighted by Gasteiger charge is 2.44. The van der Waals surface area contributed by atoms with Crippen molar-refractivity contribution in [1.82, 2.24) is 9.88 Å². The molecule has 1 aromatic heterocycles. The number of carboxylic acids is 1. The molecule has 13 heteroatoms. The van der Waals surface area contributed by atoms with Gasteiger partial charge in [0.05, 0.1) is 29.4 Å². The summed E-state index contributed by atoms with van der Waals surface area (Å²) in [5, 5.41) is 9.28. The average molecular weight is 675 g/mol. The first kappa shape index (κ1) is 33.2. The second-order valence-electron chi connectivity index (χ2n) is 12.4. The number of carboxylic acid groups (broad SMARTS) is 1. The van der Waals surface area contributed by atoms with Gasteiger partial charge in [-0.3, -0.25) is 9.88 Å². The molecule has 1 aliphatic heterocycles. The lowest BCUT2D eigenvalue weighted by Crippen LogP contribution is -2.32. The number of hydrogen-bond acceptors (Lipinski definition) is 4. The van der Waals surface area contributed by atoms with Crippen molar-refractivity contribution in [2.24, 2.45) is 0 Å². The zero-order valence-corrected chi connectivity index (χ0v) is 25.6. The summed E-state index contributed by atoms with van der Waals surface area (Å²) in [6, 6.07) is 11.1. The third-order valence-corrected chi connectivity index (χ3v) is 8.99. The highest BCUT2D eigenvalue weighted by atomic mass is 19.4. The van der Waals surface area contributed by atoms with Crippen LogP contribution in [0.3, 0.4) is 0 Å². The molecule has 48 heavy (non-hydrogen) atoms. The number of cyclic esters (lactones) is 1. The molecule has 0 spiro atoms. The number of amides is 1. The van der Waals surface area contributed by atoms with E-state index in [2.05, 4.69) is 0 Å². The predicted octanol–water partition coefficient (Wildman–Crippen LogP) is 9.14. The number of aromatic nitrogens is 1. The topological polar surface area (TPSA) is 79.7 Å². The van der Waals surface area contributed by atoms with Crippen LogP contribution in [0.2, 0.25) is 0 Å². The summed E-state index contributed by atoms with van der Waals surface area (Å²) >= 11 is 0. The molecule has 252 valence electrons. The molecular weight excluding hydrogens is 645 g/mol. The summed E-state index contributed by atoms with van der Waals surface area (Å²) < 4.78 is 102. The van der Waals surface area contributed by atoms with Gasteiger partial charge < -0.3 is 9.84 Å². The number of benzene rings is 2. The van der Waals surface area contributed by atoms with Gasteiger partial charge in [0.25, 0.3) is 0 Å². The van der Waals surface area contributed by atoms with Gasteiger partial charge in [-0.05, 0) is 79.8 Å². The molecule has 1 saturated heterocycles. The van der Waals surface area contributed by atoms with E-state index in [-0.39, 0.29) is 18.5 Å². The van der Waals surface area contributed by atoms with Gasteiger partial charge in [-0.2, -0.15) is 26.3 Å². The molecule has 0 radical (unpaired) electrons. The van der Waals surface area contributed by atoms with Gasteiger partial charge in [-0.15, -0.1) is 0 Å². The Morgan fingerprint density at radius 3 is 2.25 bits per heavy atom. The van der Waals surface area contributed by atoms with Gasteiger partial charge in [0, 0.05) is 23.1 Å². The molecular formula is C35H29F7N2O4. The zero-order chi connectivity index (χ0) is 34.8. The molecule has 6 nitrogen and oxygen atoms in total. The maximum absolute atomic E-state index is 14.8. The number of carbonyl (C=O) groups excluding carboxylic acids is 1. The fraction of sp³-hybridized carbons (Fsp3) is 0.343. The fourth-order valence-corrected chi connectivity index (χ4v) is 6.24. The van der Waals surface area contributed by atoms with E-state index < -0.39 is 64.8 Å². The smallest absolute Gasteiger partial charge is 0.416 e. The number of hydrogen-bond donors (Lipinski definition) is 1. The lowest BCUT2D eigenvalue weighted by atomic mass is 9.82. The molecule has 2 heterocycles. The van der Waals surface area contributed by atoms with Crippen molar-refractivity contribution >= 4 is 12.1 Å². The first-order chi connectivity index (χ1) is 22.4. The number of allylic oxidation sites excluding steroid dienone is 2. The second-order valence-corrected chi connectivity index (χ2v) is 12.4. The summed E-state index contributed by atoms with van der Waals surface area (Å²) in [5.41, 5.74) is -2.30. The van der Waals surface area contributed by atoms with Crippen LogP contribution in [0.25, 0.3) is 11.1 Å². The first-order valence-electron chi connectivity index (χ1n) is 15.1. The van der Waals surface area contributed by atoms with Gasteiger partial charge >= 0.3 is 24.4 Å². The minimum Gasteiger partial charge on any atom is -0.478 e. The third kappa shape index (κ3) is 6.42. The molecule has 2 fully saturated rings. The minimum atomic E-state index is -5.06. The Bertz CT molecular complexity index is 1810. The van der Waals surface area contributed by atoms with Crippen molar-refractivity contribution in [2.45, 2.75) is 75.2 Å². The second kappa shape index (κ2) is 11.8. The Morgan fingerprint density at radius 2 is 1.67 bits per heavy atom. The van der Waals surface area contributed by atoms with Gasteiger partial charge in [0.2, 0.25) is 5.67 Å². The largest absolute Gasteiger partial charge is 0.478 e. The highest BCUT2D eigenvalue weighted by Crippen LogP contribution is 2.43. The number of alkyl halides is 7. The minimum absolute atomic E-state index is 0.0247. The van der Waals surface area contributed by atoms with Crippen LogP contribution >= 0.6 is 0 Å². The van der Waals surface area contributed by atoms with Gasteiger partial charge in [0.15, 0.2) is 0 Å². The third-order valence-electron chi connectivity index (χ3n) is 8.99. The van der Waals surface area contributed by atoms with E-state index in [4.69, 9.17) is 9.72 Å². The Labute approximate surface area is 270 Å². The first-order valence-corrected chi connectivity index (χ1v) is 15.1. The molecule has 4 atom stereocenters. The molecule has 1 saturated carbocycles. The Hall–Kier alpha value is -4.68. The van der Waals surface area contributed by atoms with Crippen molar-refractivity contribution in [3.63, 3.8) is 0 Å². The normalized spacial score (nSPS) is 24.4. The maximum atomic E-state index is 14.8. The number of carbonyl (C=O) groups is 2. The number of rotatable bonds is 7. The molecule has 2 aromatic carbocycles. The summed E-state index contributed by atoms with van der Waals surface area (Å²) in [7, 11) is 0. The number of nitrogens with zero attached hydrogens (tertiary/aromatic N) is 2. The Balaban J connectivity index is 1.33. The molecule has 2 unspecified atom stereocenters. The van der Waals surface area contributed by atoms with E-state index in [0.717, 1.165) is 36.3 Å². The van der Waals surface area contributed by atoms with Crippen LogP contribution in [-0.2, 0) is 28.4 Å². The lowest BCUT2D eigenvalue weighted by molar-refractivity contribution is -0.145. The van der Waals surface area contributed by atoms with Crippen LogP contribution in [-0.4, -0.2) is 38.8 Å². The maximum Gasteiger partial charge on any atom is 0.416 e. The van der Waals surface area contributed by atoms with Crippen molar-refractivity contribution in [3.8, 4) is 11.1 Å². The van der Waals surface area contributed by atoms with Gasteiger partial charge in [-0.25, -0.2) is 14.0 Å². The van der Waals surface area contributed by atoms with Gasteiger partial charge in [0.1, 0.15) is 6.10 Å².